The first-order valence-electron chi connectivity index (χ1n) is 10.8. The molecule has 1 aliphatic rings. The van der Waals surface area contributed by atoms with Gasteiger partial charge in [-0.1, -0.05) is 47.5 Å². The van der Waals surface area contributed by atoms with E-state index in [0.29, 0.717) is 34.1 Å². The molecule has 0 amide bonds. The Morgan fingerprint density at radius 1 is 1.06 bits per heavy atom. The van der Waals surface area contributed by atoms with E-state index in [1.54, 1.807) is 12.1 Å². The van der Waals surface area contributed by atoms with Crippen LogP contribution in [0.1, 0.15) is 23.2 Å². The van der Waals surface area contributed by atoms with Gasteiger partial charge in [-0.25, -0.2) is 4.98 Å². The van der Waals surface area contributed by atoms with Gasteiger partial charge >= 0.3 is 0 Å². The lowest BCUT2D eigenvalue weighted by atomic mass is 10.0. The maximum Gasteiger partial charge on any atom is 0.222 e. The molecule has 0 atom stereocenters. The number of hydrogen-bond donors (Lipinski definition) is 1. The number of rotatable bonds is 7. The summed E-state index contributed by atoms with van der Waals surface area (Å²) in [5, 5.41) is 15.1. The third kappa shape index (κ3) is 5.41. The standard InChI is InChI=1S/C24H21Cl2N7O/c25-19-6-5-18(20(26)12-19)15-34-23-3-1-2-21(28-23)17-8-10-33(11-9-17)14-16-4-7-22(27-13-16)24-29-31-32-30-24/h1-8,12-13H,9-11,14-15H2,(H,29,30,31,32). The Bertz CT molecular complexity index is 1290. The minimum absolute atomic E-state index is 0.332. The molecule has 0 aliphatic carbocycles. The average molecular weight is 494 g/mol. The molecular weight excluding hydrogens is 473 g/mol. The summed E-state index contributed by atoms with van der Waals surface area (Å²) in [6.45, 7) is 2.93. The van der Waals surface area contributed by atoms with Crippen LogP contribution in [0.15, 0.2) is 60.8 Å². The van der Waals surface area contributed by atoms with Crippen molar-refractivity contribution in [1.29, 1.82) is 0 Å². The highest BCUT2D eigenvalue weighted by molar-refractivity contribution is 6.35. The van der Waals surface area contributed by atoms with Crippen LogP contribution < -0.4 is 4.74 Å². The summed E-state index contributed by atoms with van der Waals surface area (Å²) in [6.07, 6.45) is 5.00. The number of nitrogens with one attached hydrogen (secondary N) is 1. The van der Waals surface area contributed by atoms with E-state index in [1.807, 2.05) is 42.6 Å². The van der Waals surface area contributed by atoms with E-state index in [0.717, 1.165) is 42.9 Å². The minimum Gasteiger partial charge on any atom is -0.473 e. The van der Waals surface area contributed by atoms with Crippen molar-refractivity contribution in [3.63, 3.8) is 0 Å². The van der Waals surface area contributed by atoms with Crippen LogP contribution in [0.25, 0.3) is 17.1 Å². The van der Waals surface area contributed by atoms with Gasteiger partial charge in [0, 0.05) is 47.5 Å². The summed E-state index contributed by atoms with van der Waals surface area (Å²) in [4.78, 5) is 11.5. The Hall–Kier alpha value is -3.33. The van der Waals surface area contributed by atoms with Gasteiger partial charge in [0.05, 0.1) is 5.69 Å². The first kappa shape index (κ1) is 22.5. The number of halogens is 2. The molecule has 1 N–H and O–H groups in total. The molecule has 0 radical (unpaired) electrons. The van der Waals surface area contributed by atoms with Crippen molar-refractivity contribution in [2.75, 3.05) is 13.1 Å². The van der Waals surface area contributed by atoms with Crippen molar-refractivity contribution in [2.24, 2.45) is 0 Å². The Labute approximate surface area is 206 Å². The molecule has 3 aromatic heterocycles. The number of H-pyrrole nitrogens is 1. The van der Waals surface area contributed by atoms with E-state index in [9.17, 15) is 0 Å². The number of ether oxygens (including phenoxy) is 1. The zero-order valence-corrected chi connectivity index (χ0v) is 19.7. The van der Waals surface area contributed by atoms with Crippen molar-refractivity contribution < 1.29 is 4.74 Å². The van der Waals surface area contributed by atoms with Gasteiger partial charge in [0.2, 0.25) is 11.7 Å². The predicted molar refractivity (Wildman–Crippen MR) is 130 cm³/mol. The van der Waals surface area contributed by atoms with Crippen molar-refractivity contribution in [2.45, 2.75) is 19.6 Å². The van der Waals surface area contributed by atoms with Gasteiger partial charge in [-0.05, 0) is 47.0 Å². The first-order valence-corrected chi connectivity index (χ1v) is 11.5. The summed E-state index contributed by atoms with van der Waals surface area (Å²) < 4.78 is 5.88. The zero-order valence-electron chi connectivity index (χ0n) is 18.2. The van der Waals surface area contributed by atoms with Crippen molar-refractivity contribution in [3.05, 3.63) is 87.7 Å². The molecule has 34 heavy (non-hydrogen) atoms. The monoisotopic (exact) mass is 493 g/mol. The van der Waals surface area contributed by atoms with Crippen LogP contribution in [0.2, 0.25) is 10.0 Å². The number of benzene rings is 1. The first-order chi connectivity index (χ1) is 16.6. The highest BCUT2D eigenvalue weighted by Gasteiger charge is 2.15. The van der Waals surface area contributed by atoms with Gasteiger partial charge in [-0.2, -0.15) is 5.21 Å². The zero-order chi connectivity index (χ0) is 23.3. The van der Waals surface area contributed by atoms with Gasteiger partial charge < -0.3 is 4.74 Å². The Balaban J connectivity index is 1.18. The maximum atomic E-state index is 6.24. The molecule has 0 saturated heterocycles. The smallest absolute Gasteiger partial charge is 0.222 e. The normalized spacial score (nSPS) is 14.1. The van der Waals surface area contributed by atoms with Gasteiger partial charge in [0.15, 0.2) is 0 Å². The molecule has 172 valence electrons. The summed E-state index contributed by atoms with van der Waals surface area (Å²) in [5.41, 5.74) is 4.86. The lowest BCUT2D eigenvalue weighted by Crippen LogP contribution is -2.28. The van der Waals surface area contributed by atoms with Gasteiger partial charge in [0.25, 0.3) is 0 Å². The van der Waals surface area contributed by atoms with Crippen LogP contribution in [0.3, 0.4) is 0 Å². The van der Waals surface area contributed by atoms with Crippen LogP contribution in [0.5, 0.6) is 5.88 Å². The van der Waals surface area contributed by atoms with Crippen molar-refractivity contribution >= 4 is 28.8 Å². The minimum atomic E-state index is 0.332. The second kappa shape index (κ2) is 10.3. The molecule has 4 heterocycles. The van der Waals surface area contributed by atoms with Crippen LogP contribution in [-0.2, 0) is 13.2 Å². The highest BCUT2D eigenvalue weighted by atomic mass is 35.5. The third-order valence-corrected chi connectivity index (χ3v) is 6.13. The molecule has 4 aromatic rings. The lowest BCUT2D eigenvalue weighted by molar-refractivity contribution is 0.290. The molecule has 1 aromatic carbocycles. The lowest BCUT2D eigenvalue weighted by Gasteiger charge is -2.26. The quantitative estimate of drug-likeness (QED) is 0.393. The molecular formula is C24H21Cl2N7O. The number of nitrogens with zero attached hydrogens (tertiary/aromatic N) is 6. The van der Waals surface area contributed by atoms with Crippen LogP contribution in [0, 0.1) is 0 Å². The van der Waals surface area contributed by atoms with Crippen LogP contribution in [-0.4, -0.2) is 48.6 Å². The van der Waals surface area contributed by atoms with E-state index in [2.05, 4.69) is 36.6 Å². The number of tetrazole rings is 1. The molecule has 8 nitrogen and oxygen atoms in total. The molecule has 0 saturated carbocycles. The van der Waals surface area contributed by atoms with Gasteiger partial charge in [-0.15, -0.1) is 10.2 Å². The SMILES string of the molecule is Clc1ccc(COc2cccc(C3=CCN(Cc4ccc(-c5nn[nH]n5)nc4)CC3)n2)c(Cl)c1. The number of aromatic nitrogens is 6. The average Bonchev–Trinajstić information content (AvgIpc) is 3.40. The highest BCUT2D eigenvalue weighted by Crippen LogP contribution is 2.25. The van der Waals surface area contributed by atoms with Crippen LogP contribution >= 0.6 is 23.2 Å². The van der Waals surface area contributed by atoms with Crippen molar-refractivity contribution in [3.8, 4) is 17.4 Å². The molecule has 1 aliphatic heterocycles. The van der Waals surface area contributed by atoms with E-state index >= 15 is 0 Å². The fourth-order valence-electron chi connectivity index (χ4n) is 3.73. The van der Waals surface area contributed by atoms with E-state index < -0.39 is 0 Å². The second-order valence-corrected chi connectivity index (χ2v) is 8.73. The van der Waals surface area contributed by atoms with Gasteiger partial charge in [-0.3, -0.25) is 9.88 Å². The molecule has 5 rings (SSSR count). The fourth-order valence-corrected chi connectivity index (χ4v) is 4.19. The Morgan fingerprint density at radius 2 is 2.00 bits per heavy atom. The number of hydrogen-bond acceptors (Lipinski definition) is 7. The number of aromatic amines is 1. The third-order valence-electron chi connectivity index (χ3n) is 5.54. The van der Waals surface area contributed by atoms with Gasteiger partial charge in [0.1, 0.15) is 12.3 Å². The van der Waals surface area contributed by atoms with E-state index in [4.69, 9.17) is 32.9 Å². The topological polar surface area (TPSA) is 92.7 Å². The summed E-state index contributed by atoms with van der Waals surface area (Å²) in [7, 11) is 0. The molecule has 0 bridgehead atoms. The fraction of sp³-hybridized carbons (Fsp3) is 0.208. The van der Waals surface area contributed by atoms with Crippen molar-refractivity contribution in [1.82, 2.24) is 35.5 Å². The predicted octanol–water partition coefficient (Wildman–Crippen LogP) is 4.83. The van der Waals surface area contributed by atoms with E-state index in [1.165, 1.54) is 5.57 Å². The Morgan fingerprint density at radius 3 is 2.74 bits per heavy atom. The molecule has 0 unspecified atom stereocenters. The van der Waals surface area contributed by atoms with E-state index in [-0.39, 0.29) is 0 Å². The number of pyridine rings is 2. The summed E-state index contributed by atoms with van der Waals surface area (Å²) in [6, 6.07) is 15.2. The largest absolute Gasteiger partial charge is 0.473 e. The van der Waals surface area contributed by atoms with Crippen LogP contribution in [0.4, 0.5) is 0 Å². The molecule has 0 spiro atoms. The maximum absolute atomic E-state index is 6.24. The Kier molecular flexibility index (Phi) is 6.80. The summed E-state index contributed by atoms with van der Waals surface area (Å²) in [5.74, 6) is 1.06. The molecule has 0 fully saturated rings. The summed E-state index contributed by atoms with van der Waals surface area (Å²) >= 11 is 12.2. The second-order valence-electron chi connectivity index (χ2n) is 7.89. The molecule has 10 heteroatoms.